The zero-order valence-corrected chi connectivity index (χ0v) is 10.7. The van der Waals surface area contributed by atoms with Crippen LogP contribution in [0.15, 0.2) is 40.8 Å². The third-order valence-electron chi connectivity index (χ3n) is 2.88. The van der Waals surface area contributed by atoms with E-state index in [-0.39, 0.29) is 6.04 Å². The summed E-state index contributed by atoms with van der Waals surface area (Å²) in [5.74, 6) is 1.96. The predicted octanol–water partition coefficient (Wildman–Crippen LogP) is 3.75. The summed E-state index contributed by atoms with van der Waals surface area (Å²) in [5.41, 5.74) is 2.60. The van der Waals surface area contributed by atoms with Crippen LogP contribution in [0.5, 0.6) is 0 Å². The molecule has 1 aromatic carbocycles. The minimum Gasteiger partial charge on any atom is -0.465 e. The highest BCUT2D eigenvalue weighted by molar-refractivity contribution is 5.22. The van der Waals surface area contributed by atoms with Gasteiger partial charge in [0.2, 0.25) is 0 Å². The van der Waals surface area contributed by atoms with E-state index in [1.807, 2.05) is 19.1 Å². The molecule has 2 heteroatoms. The second kappa shape index (κ2) is 5.19. The third kappa shape index (κ3) is 3.21. The van der Waals surface area contributed by atoms with Gasteiger partial charge in [-0.25, -0.2) is 0 Å². The lowest BCUT2D eigenvalue weighted by Crippen LogP contribution is -2.17. The van der Waals surface area contributed by atoms with Crippen molar-refractivity contribution in [3.05, 3.63) is 59.0 Å². The van der Waals surface area contributed by atoms with E-state index in [1.165, 1.54) is 11.1 Å². The monoisotopic (exact) mass is 229 g/mol. The van der Waals surface area contributed by atoms with Crippen molar-refractivity contribution in [1.82, 2.24) is 5.32 Å². The minimum atomic E-state index is 0.240. The second-order valence-electron chi connectivity index (χ2n) is 4.54. The van der Waals surface area contributed by atoms with Crippen molar-refractivity contribution in [2.45, 2.75) is 33.4 Å². The molecule has 0 aliphatic rings. The topological polar surface area (TPSA) is 25.2 Å². The van der Waals surface area contributed by atoms with Crippen LogP contribution >= 0.6 is 0 Å². The van der Waals surface area contributed by atoms with E-state index in [0.29, 0.717) is 0 Å². The highest BCUT2D eigenvalue weighted by Gasteiger charge is 2.08. The molecule has 0 saturated carbocycles. The lowest BCUT2D eigenvalue weighted by molar-refractivity contribution is 0.416. The van der Waals surface area contributed by atoms with E-state index in [0.717, 1.165) is 18.1 Å². The lowest BCUT2D eigenvalue weighted by Gasteiger charge is -2.11. The molecule has 0 aliphatic carbocycles. The number of benzene rings is 1. The van der Waals surface area contributed by atoms with Gasteiger partial charge in [-0.3, -0.25) is 0 Å². The van der Waals surface area contributed by atoms with Crippen LogP contribution in [0.4, 0.5) is 0 Å². The third-order valence-corrected chi connectivity index (χ3v) is 2.88. The number of aryl methyl sites for hydroxylation is 2. The highest BCUT2D eigenvalue weighted by Crippen LogP contribution is 2.16. The maximum absolute atomic E-state index is 5.59. The van der Waals surface area contributed by atoms with Gasteiger partial charge in [0.1, 0.15) is 11.5 Å². The second-order valence-corrected chi connectivity index (χ2v) is 4.54. The first-order chi connectivity index (χ1) is 8.15. The van der Waals surface area contributed by atoms with Gasteiger partial charge in [-0.1, -0.05) is 29.8 Å². The van der Waals surface area contributed by atoms with Gasteiger partial charge in [-0.15, -0.1) is 0 Å². The zero-order valence-electron chi connectivity index (χ0n) is 10.7. The van der Waals surface area contributed by atoms with E-state index in [2.05, 4.69) is 43.4 Å². The summed E-state index contributed by atoms with van der Waals surface area (Å²) in [6, 6.07) is 12.8. The molecule has 17 heavy (non-hydrogen) atoms. The highest BCUT2D eigenvalue weighted by atomic mass is 16.3. The molecule has 0 radical (unpaired) electrons. The SMILES string of the molecule is Cc1cccc(CN[C@@H](C)c2ccc(C)o2)c1. The van der Waals surface area contributed by atoms with Gasteiger partial charge in [-0.2, -0.15) is 0 Å². The molecule has 2 aromatic rings. The number of hydrogen-bond acceptors (Lipinski definition) is 2. The maximum atomic E-state index is 5.59. The molecule has 0 spiro atoms. The summed E-state index contributed by atoms with van der Waals surface area (Å²) in [4.78, 5) is 0. The Hall–Kier alpha value is -1.54. The maximum Gasteiger partial charge on any atom is 0.120 e. The van der Waals surface area contributed by atoms with Gasteiger partial charge < -0.3 is 9.73 Å². The molecule has 90 valence electrons. The summed E-state index contributed by atoms with van der Waals surface area (Å²) in [6.45, 7) is 7.07. The largest absolute Gasteiger partial charge is 0.465 e. The molecule has 0 bridgehead atoms. The number of nitrogens with one attached hydrogen (secondary N) is 1. The standard InChI is InChI=1S/C15H19NO/c1-11-5-4-6-14(9-11)10-16-13(3)15-8-7-12(2)17-15/h4-9,13,16H,10H2,1-3H3/t13-/m0/s1. The van der Waals surface area contributed by atoms with Crippen molar-refractivity contribution in [2.75, 3.05) is 0 Å². The van der Waals surface area contributed by atoms with E-state index in [9.17, 15) is 0 Å². The summed E-state index contributed by atoms with van der Waals surface area (Å²) in [6.07, 6.45) is 0. The van der Waals surface area contributed by atoms with E-state index in [1.54, 1.807) is 0 Å². The molecule has 2 rings (SSSR count). The molecule has 0 fully saturated rings. The first-order valence-corrected chi connectivity index (χ1v) is 6.00. The Morgan fingerprint density at radius 3 is 2.65 bits per heavy atom. The quantitative estimate of drug-likeness (QED) is 0.863. The van der Waals surface area contributed by atoms with Crippen LogP contribution < -0.4 is 5.32 Å². The summed E-state index contributed by atoms with van der Waals surface area (Å²) in [5, 5.41) is 3.46. The smallest absolute Gasteiger partial charge is 0.120 e. The van der Waals surface area contributed by atoms with Crippen LogP contribution in [-0.4, -0.2) is 0 Å². The van der Waals surface area contributed by atoms with Crippen LogP contribution in [0.3, 0.4) is 0 Å². The van der Waals surface area contributed by atoms with E-state index >= 15 is 0 Å². The number of furan rings is 1. The van der Waals surface area contributed by atoms with Crippen LogP contribution in [0, 0.1) is 13.8 Å². The first kappa shape index (κ1) is 11.9. The van der Waals surface area contributed by atoms with Crippen molar-refractivity contribution in [2.24, 2.45) is 0 Å². The summed E-state index contributed by atoms with van der Waals surface area (Å²) < 4.78 is 5.59. The molecule has 0 aliphatic heterocycles. The Morgan fingerprint density at radius 1 is 1.18 bits per heavy atom. The molecule has 1 atom stereocenters. The van der Waals surface area contributed by atoms with Crippen molar-refractivity contribution >= 4 is 0 Å². The number of rotatable bonds is 4. The minimum absolute atomic E-state index is 0.240. The average molecular weight is 229 g/mol. The molecule has 0 saturated heterocycles. The van der Waals surface area contributed by atoms with Gasteiger partial charge in [0, 0.05) is 6.54 Å². The Balaban J connectivity index is 1.94. The molecule has 0 unspecified atom stereocenters. The fraction of sp³-hybridized carbons (Fsp3) is 0.333. The van der Waals surface area contributed by atoms with Crippen LogP contribution in [0.1, 0.15) is 35.6 Å². The van der Waals surface area contributed by atoms with Crippen molar-refractivity contribution in [1.29, 1.82) is 0 Å². The fourth-order valence-corrected chi connectivity index (χ4v) is 1.88. The molecule has 1 heterocycles. The number of hydrogen-bond donors (Lipinski definition) is 1. The van der Waals surface area contributed by atoms with Gasteiger partial charge in [0.15, 0.2) is 0 Å². The summed E-state index contributed by atoms with van der Waals surface area (Å²) >= 11 is 0. The Kier molecular flexibility index (Phi) is 3.64. The zero-order chi connectivity index (χ0) is 12.3. The van der Waals surface area contributed by atoms with Crippen molar-refractivity contribution < 1.29 is 4.42 Å². The normalized spacial score (nSPS) is 12.6. The van der Waals surface area contributed by atoms with Crippen LogP contribution in [-0.2, 0) is 6.54 Å². The Labute approximate surface area is 103 Å². The van der Waals surface area contributed by atoms with Crippen LogP contribution in [0.25, 0.3) is 0 Å². The first-order valence-electron chi connectivity index (χ1n) is 6.00. The molecule has 0 amide bonds. The molecule has 2 nitrogen and oxygen atoms in total. The van der Waals surface area contributed by atoms with E-state index in [4.69, 9.17) is 4.42 Å². The Bertz CT molecular complexity index is 487. The fourth-order valence-electron chi connectivity index (χ4n) is 1.88. The van der Waals surface area contributed by atoms with E-state index < -0.39 is 0 Å². The van der Waals surface area contributed by atoms with Gasteiger partial charge in [-0.05, 0) is 38.5 Å². The van der Waals surface area contributed by atoms with Crippen molar-refractivity contribution in [3.8, 4) is 0 Å². The van der Waals surface area contributed by atoms with Crippen molar-refractivity contribution in [3.63, 3.8) is 0 Å². The van der Waals surface area contributed by atoms with Gasteiger partial charge in [0.25, 0.3) is 0 Å². The van der Waals surface area contributed by atoms with Crippen LogP contribution in [0.2, 0.25) is 0 Å². The predicted molar refractivity (Wildman–Crippen MR) is 69.9 cm³/mol. The average Bonchev–Trinajstić information content (AvgIpc) is 2.73. The molecular formula is C15H19NO. The van der Waals surface area contributed by atoms with Gasteiger partial charge >= 0.3 is 0 Å². The lowest BCUT2D eigenvalue weighted by atomic mass is 10.1. The van der Waals surface area contributed by atoms with Gasteiger partial charge in [0.05, 0.1) is 6.04 Å². The summed E-state index contributed by atoms with van der Waals surface area (Å²) in [7, 11) is 0. The Morgan fingerprint density at radius 2 is 2.00 bits per heavy atom. The molecular weight excluding hydrogens is 210 g/mol. The molecule has 1 N–H and O–H groups in total. The molecule has 1 aromatic heterocycles.